The number of aryl methyl sites for hydroxylation is 1. The van der Waals surface area contributed by atoms with Gasteiger partial charge in [0.05, 0.1) is 5.56 Å². The third-order valence-electron chi connectivity index (χ3n) is 2.31. The van der Waals surface area contributed by atoms with Crippen molar-refractivity contribution in [2.24, 2.45) is 0 Å². The number of nitrogens with one attached hydrogen (secondary N) is 2. The molecule has 0 radical (unpaired) electrons. The maximum atomic E-state index is 11.7. The van der Waals surface area contributed by atoms with Crippen LogP contribution in [0.2, 0.25) is 0 Å². The third-order valence-corrected chi connectivity index (χ3v) is 3.44. The van der Waals surface area contributed by atoms with Crippen LogP contribution in [0.3, 0.4) is 0 Å². The highest BCUT2D eigenvalue weighted by atomic mass is 32.1. The van der Waals surface area contributed by atoms with Crippen LogP contribution in [-0.4, -0.2) is 22.6 Å². The van der Waals surface area contributed by atoms with Crippen LogP contribution in [0.5, 0.6) is 0 Å². The van der Waals surface area contributed by atoms with Gasteiger partial charge in [0.1, 0.15) is 5.00 Å². The second-order valence-electron chi connectivity index (χ2n) is 5.12. The van der Waals surface area contributed by atoms with Gasteiger partial charge in [-0.2, -0.15) is 0 Å². The molecule has 3 N–H and O–H groups in total. The number of anilines is 1. The zero-order valence-electron chi connectivity index (χ0n) is 11.2. The standard InChI is InChI=1S/C12H18N2O3S/c1-6-7(2)18-9(8(6)10(15)16)13-11(17)14-12(3,4)5/h1-5H3,(H,15,16)(H2,13,14,17). The van der Waals surface area contributed by atoms with Crippen LogP contribution >= 0.6 is 11.3 Å². The quantitative estimate of drug-likeness (QED) is 0.773. The van der Waals surface area contributed by atoms with Crippen LogP contribution in [0.1, 0.15) is 41.6 Å². The first-order chi connectivity index (χ1) is 8.11. The van der Waals surface area contributed by atoms with Gasteiger partial charge in [0.2, 0.25) is 0 Å². The Morgan fingerprint density at radius 1 is 1.22 bits per heavy atom. The Hall–Kier alpha value is -1.56. The molecule has 0 atom stereocenters. The van der Waals surface area contributed by atoms with Gasteiger partial charge in [-0.15, -0.1) is 11.3 Å². The van der Waals surface area contributed by atoms with Crippen molar-refractivity contribution in [2.45, 2.75) is 40.2 Å². The Morgan fingerprint density at radius 3 is 2.22 bits per heavy atom. The molecule has 1 aromatic heterocycles. The molecule has 0 unspecified atom stereocenters. The van der Waals surface area contributed by atoms with E-state index in [1.807, 2.05) is 27.7 Å². The second-order valence-corrected chi connectivity index (χ2v) is 6.35. The molecule has 1 rings (SSSR count). The van der Waals surface area contributed by atoms with Crippen molar-refractivity contribution < 1.29 is 14.7 Å². The first-order valence-corrected chi connectivity index (χ1v) is 6.36. The summed E-state index contributed by atoms with van der Waals surface area (Å²) in [6.45, 7) is 9.14. The number of carbonyl (C=O) groups excluding carboxylic acids is 1. The van der Waals surface area contributed by atoms with Crippen molar-refractivity contribution in [3.05, 3.63) is 16.0 Å². The number of aromatic carboxylic acids is 1. The van der Waals surface area contributed by atoms with Gasteiger partial charge in [0.15, 0.2) is 0 Å². The summed E-state index contributed by atoms with van der Waals surface area (Å²) in [4.78, 5) is 23.8. The van der Waals surface area contributed by atoms with E-state index in [-0.39, 0.29) is 11.1 Å². The molecule has 6 heteroatoms. The molecule has 0 aromatic carbocycles. The number of carboxylic acid groups (broad SMARTS) is 1. The van der Waals surface area contributed by atoms with Crippen molar-refractivity contribution in [1.29, 1.82) is 0 Å². The number of urea groups is 1. The van der Waals surface area contributed by atoms with Gasteiger partial charge in [0.25, 0.3) is 0 Å². The lowest BCUT2D eigenvalue weighted by Crippen LogP contribution is -2.43. The predicted octanol–water partition coefficient (Wildman–Crippen LogP) is 2.98. The molecule has 0 bridgehead atoms. The average Bonchev–Trinajstić information content (AvgIpc) is 2.38. The number of amides is 2. The zero-order chi connectivity index (χ0) is 14.1. The van der Waals surface area contributed by atoms with Gasteiger partial charge in [-0.1, -0.05) is 0 Å². The predicted molar refractivity (Wildman–Crippen MR) is 72.7 cm³/mol. The lowest BCUT2D eigenvalue weighted by atomic mass is 10.1. The average molecular weight is 270 g/mol. The van der Waals surface area contributed by atoms with Crippen molar-refractivity contribution >= 4 is 28.3 Å². The molecule has 0 saturated carbocycles. The monoisotopic (exact) mass is 270 g/mol. The van der Waals surface area contributed by atoms with E-state index < -0.39 is 12.0 Å². The van der Waals surface area contributed by atoms with Gasteiger partial charge < -0.3 is 10.4 Å². The molecule has 0 aliphatic rings. The minimum Gasteiger partial charge on any atom is -0.478 e. The van der Waals surface area contributed by atoms with E-state index >= 15 is 0 Å². The first kappa shape index (κ1) is 14.5. The Bertz CT molecular complexity index is 486. The highest BCUT2D eigenvalue weighted by molar-refractivity contribution is 7.16. The van der Waals surface area contributed by atoms with Crippen LogP contribution in [0, 0.1) is 13.8 Å². The van der Waals surface area contributed by atoms with Gasteiger partial charge in [-0.25, -0.2) is 9.59 Å². The molecule has 100 valence electrons. The molecule has 0 spiro atoms. The lowest BCUT2D eigenvalue weighted by molar-refractivity contribution is 0.0697. The minimum atomic E-state index is -1.03. The Labute approximate surface area is 110 Å². The molecular weight excluding hydrogens is 252 g/mol. The van der Waals surface area contributed by atoms with Gasteiger partial charge in [-0.3, -0.25) is 5.32 Å². The smallest absolute Gasteiger partial charge is 0.338 e. The third kappa shape index (κ3) is 3.46. The molecule has 1 heterocycles. The first-order valence-electron chi connectivity index (χ1n) is 5.54. The van der Waals surface area contributed by atoms with E-state index in [1.165, 1.54) is 11.3 Å². The lowest BCUT2D eigenvalue weighted by Gasteiger charge is -2.20. The Balaban J connectivity index is 2.95. The number of thiophene rings is 1. The van der Waals surface area contributed by atoms with E-state index in [0.717, 1.165) is 4.88 Å². The number of rotatable bonds is 2. The van der Waals surface area contributed by atoms with Crippen molar-refractivity contribution in [1.82, 2.24) is 5.32 Å². The number of carbonyl (C=O) groups is 2. The molecule has 0 aliphatic carbocycles. The van der Waals surface area contributed by atoms with E-state index in [9.17, 15) is 9.59 Å². The highest BCUT2D eigenvalue weighted by Crippen LogP contribution is 2.32. The molecule has 2 amide bonds. The van der Waals surface area contributed by atoms with Gasteiger partial charge in [0, 0.05) is 10.4 Å². The van der Waals surface area contributed by atoms with Crippen LogP contribution < -0.4 is 10.6 Å². The SMILES string of the molecule is Cc1sc(NC(=O)NC(C)(C)C)c(C(=O)O)c1C. The van der Waals surface area contributed by atoms with Gasteiger partial charge >= 0.3 is 12.0 Å². The number of hydrogen-bond acceptors (Lipinski definition) is 3. The molecular formula is C12H18N2O3S. The Morgan fingerprint density at radius 2 is 1.78 bits per heavy atom. The topological polar surface area (TPSA) is 78.4 Å². The maximum absolute atomic E-state index is 11.7. The summed E-state index contributed by atoms with van der Waals surface area (Å²) in [5.41, 5.74) is 0.495. The van der Waals surface area contributed by atoms with Crippen LogP contribution in [0.15, 0.2) is 0 Å². The summed E-state index contributed by atoms with van der Waals surface area (Å²) in [7, 11) is 0. The molecule has 0 saturated heterocycles. The highest BCUT2D eigenvalue weighted by Gasteiger charge is 2.21. The summed E-state index contributed by atoms with van der Waals surface area (Å²) in [5, 5.41) is 14.8. The van der Waals surface area contributed by atoms with E-state index in [4.69, 9.17) is 5.11 Å². The Kier molecular flexibility index (Phi) is 4.01. The van der Waals surface area contributed by atoms with E-state index in [1.54, 1.807) is 6.92 Å². The molecule has 0 aliphatic heterocycles. The molecule has 18 heavy (non-hydrogen) atoms. The molecule has 5 nitrogen and oxygen atoms in total. The van der Waals surface area contributed by atoms with Crippen molar-refractivity contribution in [3.8, 4) is 0 Å². The van der Waals surface area contributed by atoms with Crippen molar-refractivity contribution in [3.63, 3.8) is 0 Å². The fraction of sp³-hybridized carbons (Fsp3) is 0.500. The molecule has 0 fully saturated rings. The fourth-order valence-corrected chi connectivity index (χ4v) is 2.50. The summed E-state index contributed by atoms with van der Waals surface area (Å²) in [6.07, 6.45) is 0. The van der Waals surface area contributed by atoms with Crippen LogP contribution in [0.25, 0.3) is 0 Å². The fourth-order valence-electron chi connectivity index (χ4n) is 1.45. The van der Waals surface area contributed by atoms with Gasteiger partial charge in [-0.05, 0) is 40.2 Å². The minimum absolute atomic E-state index is 0.168. The van der Waals surface area contributed by atoms with E-state index in [0.29, 0.717) is 10.6 Å². The largest absolute Gasteiger partial charge is 0.478 e. The number of hydrogen-bond donors (Lipinski definition) is 3. The van der Waals surface area contributed by atoms with Crippen LogP contribution in [0.4, 0.5) is 9.80 Å². The molecule has 1 aromatic rings. The zero-order valence-corrected chi connectivity index (χ0v) is 12.0. The normalized spacial score (nSPS) is 11.2. The maximum Gasteiger partial charge on any atom is 0.338 e. The summed E-state index contributed by atoms with van der Waals surface area (Å²) < 4.78 is 0. The number of carboxylic acids is 1. The summed E-state index contributed by atoms with van der Waals surface area (Å²) in [5.74, 6) is -1.03. The summed E-state index contributed by atoms with van der Waals surface area (Å²) in [6, 6.07) is -0.397. The second kappa shape index (κ2) is 4.97. The van der Waals surface area contributed by atoms with E-state index in [2.05, 4.69) is 10.6 Å². The summed E-state index contributed by atoms with van der Waals surface area (Å²) >= 11 is 1.27. The van der Waals surface area contributed by atoms with Crippen LogP contribution in [-0.2, 0) is 0 Å². The van der Waals surface area contributed by atoms with Crippen molar-refractivity contribution in [2.75, 3.05) is 5.32 Å².